The molecule has 2 rings (SSSR count). The lowest BCUT2D eigenvalue weighted by Gasteiger charge is -2.28. The summed E-state index contributed by atoms with van der Waals surface area (Å²) in [6, 6.07) is 4.91. The fraction of sp³-hybridized carbons (Fsp3) is 0.500. The van der Waals surface area contributed by atoms with E-state index in [4.69, 9.17) is 9.39 Å². The van der Waals surface area contributed by atoms with Crippen LogP contribution in [0.5, 0.6) is 5.75 Å². The van der Waals surface area contributed by atoms with Crippen molar-refractivity contribution in [3.63, 3.8) is 0 Å². The largest absolute Gasteiger partial charge is 0.535 e. The number of Topliss-reactive ketones (excluding diaryl/α,β-unsaturated/α-hetero) is 1. The average Bonchev–Trinajstić information content (AvgIpc) is 2.53. The van der Waals surface area contributed by atoms with Crippen molar-refractivity contribution in [2.24, 2.45) is 0 Å². The number of rotatable bonds is 7. The Hall–Kier alpha value is -1.87. The number of carbonyl (C=O) groups is 2. The van der Waals surface area contributed by atoms with E-state index in [1.54, 1.807) is 19.1 Å². The highest BCUT2D eigenvalue weighted by Gasteiger charge is 2.37. The Morgan fingerprint density at radius 2 is 2.12 bits per heavy atom. The quantitative estimate of drug-likeness (QED) is 0.566. The van der Waals surface area contributed by atoms with Gasteiger partial charge in [0.15, 0.2) is 9.84 Å². The van der Waals surface area contributed by atoms with Crippen molar-refractivity contribution in [3.8, 4) is 5.75 Å². The normalized spacial score (nSPS) is 16.8. The lowest BCUT2D eigenvalue weighted by molar-refractivity contribution is -0.118. The number of ether oxygens (including phenoxy) is 1. The van der Waals surface area contributed by atoms with Crippen molar-refractivity contribution >= 4 is 28.7 Å². The zero-order valence-corrected chi connectivity index (χ0v) is 15.0. The summed E-state index contributed by atoms with van der Waals surface area (Å²) in [6.07, 6.45) is 2.07. The first-order valence-electron chi connectivity index (χ1n) is 8.04. The summed E-state index contributed by atoms with van der Waals surface area (Å²) in [5, 5.41) is 10.1. The molecule has 0 bridgehead atoms. The van der Waals surface area contributed by atoms with Crippen LogP contribution in [-0.2, 0) is 25.8 Å². The summed E-state index contributed by atoms with van der Waals surface area (Å²) in [5.41, 5.74) is 0.835. The highest BCUT2D eigenvalue weighted by molar-refractivity contribution is 7.90. The zero-order valence-electron chi connectivity index (χ0n) is 14.2. The number of benzene rings is 1. The van der Waals surface area contributed by atoms with Crippen molar-refractivity contribution in [1.82, 2.24) is 0 Å². The topological polar surface area (TPSA) is 107 Å². The van der Waals surface area contributed by atoms with Gasteiger partial charge in [0.1, 0.15) is 23.7 Å². The Labute approximate surface area is 147 Å². The Morgan fingerprint density at radius 1 is 1.40 bits per heavy atom. The molecule has 1 N–H and O–H groups in total. The van der Waals surface area contributed by atoms with Crippen LogP contribution in [0, 0.1) is 0 Å². The fourth-order valence-corrected chi connectivity index (χ4v) is 3.01. The first kappa shape index (κ1) is 19.5. The van der Waals surface area contributed by atoms with E-state index in [-0.39, 0.29) is 41.7 Å². The molecule has 1 atom stereocenters. The summed E-state index contributed by atoms with van der Waals surface area (Å²) in [7, 11) is -4.42. The van der Waals surface area contributed by atoms with E-state index in [0.29, 0.717) is 18.4 Å². The van der Waals surface area contributed by atoms with Crippen LogP contribution >= 0.6 is 0 Å². The van der Waals surface area contributed by atoms with Crippen LogP contribution in [0.15, 0.2) is 18.2 Å². The molecule has 1 heterocycles. The van der Waals surface area contributed by atoms with Gasteiger partial charge in [0.25, 0.3) is 0 Å². The minimum Gasteiger partial charge on any atom is -0.535 e. The predicted octanol–water partition coefficient (Wildman–Crippen LogP) is 1.04. The molecule has 7 nitrogen and oxygen atoms in total. The van der Waals surface area contributed by atoms with Crippen molar-refractivity contribution in [1.29, 1.82) is 0 Å². The monoisotopic (exact) mass is 368 g/mol. The maximum absolute atomic E-state index is 12.2. The molecule has 1 aromatic rings. The summed E-state index contributed by atoms with van der Waals surface area (Å²) < 4.78 is 32.6. The van der Waals surface area contributed by atoms with Gasteiger partial charge in [-0.1, -0.05) is 19.1 Å². The van der Waals surface area contributed by atoms with E-state index in [0.717, 1.165) is 6.26 Å². The molecule has 9 heteroatoms. The number of ketones is 1. The summed E-state index contributed by atoms with van der Waals surface area (Å²) >= 11 is 0. The molecule has 1 aliphatic heterocycles. The van der Waals surface area contributed by atoms with Gasteiger partial charge in [-0.15, -0.1) is 0 Å². The average molecular weight is 368 g/mol. The van der Waals surface area contributed by atoms with E-state index < -0.39 is 22.9 Å². The standard InChI is InChI=1S/C16H21BO7S/c1-3-13(18)10-12-9-11-5-4-6-14(15(11)24-17(12)20)16(19)23-7-8-25(2,21)22/h4-6,12,20H,3,7-10H2,1-2H3/t12-/m1/s1. The van der Waals surface area contributed by atoms with Crippen LogP contribution in [0.3, 0.4) is 0 Å². The third-order valence-corrected chi connectivity index (χ3v) is 4.92. The van der Waals surface area contributed by atoms with Gasteiger partial charge in [-0.05, 0) is 18.1 Å². The second-order valence-electron chi connectivity index (χ2n) is 6.13. The van der Waals surface area contributed by atoms with Gasteiger partial charge in [0, 0.05) is 24.9 Å². The highest BCUT2D eigenvalue weighted by atomic mass is 32.2. The first-order valence-corrected chi connectivity index (χ1v) is 10.1. The molecule has 25 heavy (non-hydrogen) atoms. The predicted molar refractivity (Wildman–Crippen MR) is 92.4 cm³/mol. The van der Waals surface area contributed by atoms with Crippen LogP contribution < -0.4 is 4.65 Å². The van der Waals surface area contributed by atoms with Gasteiger partial charge in [-0.25, -0.2) is 13.2 Å². The van der Waals surface area contributed by atoms with Gasteiger partial charge in [0.2, 0.25) is 0 Å². The molecular formula is C16H21BO7S. The van der Waals surface area contributed by atoms with Crippen molar-refractivity contribution in [3.05, 3.63) is 29.3 Å². The molecule has 0 radical (unpaired) electrons. The third kappa shape index (κ3) is 5.30. The van der Waals surface area contributed by atoms with E-state index in [9.17, 15) is 23.0 Å². The first-order chi connectivity index (χ1) is 11.7. The maximum Gasteiger partial charge on any atom is 0.526 e. The number of sulfone groups is 1. The van der Waals surface area contributed by atoms with Crippen molar-refractivity contribution < 1.29 is 32.4 Å². The van der Waals surface area contributed by atoms with E-state index in [1.165, 1.54) is 6.07 Å². The molecule has 136 valence electrons. The van der Waals surface area contributed by atoms with Crippen LogP contribution in [0.2, 0.25) is 5.82 Å². The number of hydrogen-bond acceptors (Lipinski definition) is 7. The second-order valence-corrected chi connectivity index (χ2v) is 8.39. The number of hydrogen-bond donors (Lipinski definition) is 1. The molecule has 0 aliphatic carbocycles. The molecule has 0 saturated carbocycles. The Bertz CT molecular complexity index is 760. The molecule has 0 unspecified atom stereocenters. The van der Waals surface area contributed by atoms with Gasteiger partial charge < -0.3 is 14.4 Å². The molecule has 0 amide bonds. The minimum atomic E-state index is -3.23. The van der Waals surface area contributed by atoms with Gasteiger partial charge >= 0.3 is 13.1 Å². The minimum absolute atomic E-state index is 0.0347. The summed E-state index contributed by atoms with van der Waals surface area (Å²) in [4.78, 5) is 23.8. The second kappa shape index (κ2) is 8.01. The Balaban J connectivity index is 2.13. The van der Waals surface area contributed by atoms with Gasteiger partial charge in [0.05, 0.1) is 5.75 Å². The van der Waals surface area contributed by atoms with Crippen LogP contribution in [0.25, 0.3) is 0 Å². The fourth-order valence-electron chi connectivity index (χ4n) is 2.62. The van der Waals surface area contributed by atoms with Crippen molar-refractivity contribution in [2.45, 2.75) is 32.0 Å². The molecule has 0 fully saturated rings. The number of fused-ring (bicyclic) bond motifs is 1. The molecule has 1 aromatic carbocycles. The molecule has 0 saturated heterocycles. The maximum atomic E-state index is 12.2. The van der Waals surface area contributed by atoms with Gasteiger partial charge in [-0.2, -0.15) is 0 Å². The van der Waals surface area contributed by atoms with Crippen LogP contribution in [0.1, 0.15) is 35.7 Å². The summed E-state index contributed by atoms with van der Waals surface area (Å²) in [6.45, 7) is 1.51. The number of esters is 1. The molecule has 1 aliphatic rings. The van der Waals surface area contributed by atoms with Gasteiger partial charge in [-0.3, -0.25) is 4.79 Å². The SMILES string of the molecule is CCC(=O)C[C@H]1Cc2cccc(C(=O)OCCS(C)(=O)=O)c2OB1O. The van der Waals surface area contributed by atoms with E-state index in [1.807, 2.05) is 0 Å². The Kier molecular flexibility index (Phi) is 6.23. The third-order valence-electron chi connectivity index (χ3n) is 4.01. The lowest BCUT2D eigenvalue weighted by atomic mass is 9.64. The highest BCUT2D eigenvalue weighted by Crippen LogP contribution is 2.36. The smallest absolute Gasteiger partial charge is 0.526 e. The molecule has 0 aromatic heterocycles. The Morgan fingerprint density at radius 3 is 2.76 bits per heavy atom. The van der Waals surface area contributed by atoms with E-state index in [2.05, 4.69) is 0 Å². The molecular weight excluding hydrogens is 347 g/mol. The zero-order chi connectivity index (χ0) is 18.6. The van der Waals surface area contributed by atoms with Crippen LogP contribution in [-0.4, -0.2) is 50.9 Å². The lowest BCUT2D eigenvalue weighted by Crippen LogP contribution is -2.35. The number of para-hydroxylation sites is 1. The van der Waals surface area contributed by atoms with Crippen LogP contribution in [0.4, 0.5) is 0 Å². The number of carbonyl (C=O) groups excluding carboxylic acids is 2. The molecule has 0 spiro atoms. The van der Waals surface area contributed by atoms with Crippen molar-refractivity contribution in [2.75, 3.05) is 18.6 Å². The summed E-state index contributed by atoms with van der Waals surface area (Å²) in [5.74, 6) is -1.09. The van der Waals surface area contributed by atoms with E-state index >= 15 is 0 Å².